The SMILES string of the molecule is N#Cc1cccnc1N1CCCN(c2nc(=NC3CC3)n3ncc(=Cc4[nH]c(=O)[nH]c4O)c3n2)CC1. The lowest BCUT2D eigenvalue weighted by Gasteiger charge is -2.23. The van der Waals surface area contributed by atoms with Gasteiger partial charge in [-0.05, 0) is 37.5 Å². The van der Waals surface area contributed by atoms with E-state index in [1.54, 1.807) is 35.1 Å². The monoisotopic (exact) mass is 485 g/mol. The maximum Gasteiger partial charge on any atom is 0.326 e. The maximum atomic E-state index is 11.6. The number of fused-ring (bicyclic) bond motifs is 1. The van der Waals surface area contributed by atoms with Crippen molar-refractivity contribution in [1.82, 2.24) is 34.5 Å². The maximum absolute atomic E-state index is 11.6. The Hall–Kier alpha value is -4.73. The molecule has 2 aliphatic rings. The Balaban J connectivity index is 1.39. The van der Waals surface area contributed by atoms with Crippen LogP contribution in [0, 0.1) is 11.3 Å². The summed E-state index contributed by atoms with van der Waals surface area (Å²) in [4.78, 5) is 39.4. The molecule has 5 heterocycles. The van der Waals surface area contributed by atoms with Gasteiger partial charge in [-0.3, -0.25) is 4.98 Å². The molecule has 13 heteroatoms. The van der Waals surface area contributed by atoms with Gasteiger partial charge in [-0.1, -0.05) is 0 Å². The molecule has 13 nitrogen and oxygen atoms in total. The third-order valence-electron chi connectivity index (χ3n) is 6.23. The van der Waals surface area contributed by atoms with Gasteiger partial charge in [0.1, 0.15) is 17.6 Å². The molecular weight excluding hydrogens is 462 g/mol. The molecule has 0 spiro atoms. The summed E-state index contributed by atoms with van der Waals surface area (Å²) >= 11 is 0. The molecule has 0 bridgehead atoms. The highest BCUT2D eigenvalue weighted by molar-refractivity contribution is 5.57. The predicted molar refractivity (Wildman–Crippen MR) is 129 cm³/mol. The van der Waals surface area contributed by atoms with E-state index in [9.17, 15) is 15.2 Å². The molecule has 0 unspecified atom stereocenters. The lowest BCUT2D eigenvalue weighted by molar-refractivity contribution is 0.454. The van der Waals surface area contributed by atoms with Crippen molar-refractivity contribution in [3.05, 3.63) is 57.1 Å². The summed E-state index contributed by atoms with van der Waals surface area (Å²) in [5, 5.41) is 24.5. The van der Waals surface area contributed by atoms with E-state index in [4.69, 9.17) is 15.0 Å². The van der Waals surface area contributed by atoms with Crippen molar-refractivity contribution in [3.63, 3.8) is 0 Å². The molecule has 1 saturated carbocycles. The second-order valence-corrected chi connectivity index (χ2v) is 8.82. The van der Waals surface area contributed by atoms with Crippen molar-refractivity contribution in [2.75, 3.05) is 36.0 Å². The Labute approximate surface area is 204 Å². The highest BCUT2D eigenvalue weighted by Crippen LogP contribution is 2.23. The molecule has 3 N–H and O–H groups in total. The van der Waals surface area contributed by atoms with Gasteiger partial charge in [-0.25, -0.2) is 14.8 Å². The van der Waals surface area contributed by atoms with Gasteiger partial charge in [0.25, 0.3) is 5.62 Å². The first kappa shape index (κ1) is 21.8. The standard InChI is InChI=1S/C23H23N11O2/c24-12-14-3-1-6-25-18(14)32-7-2-8-33(10-9-32)21-29-19-15(11-17-20(35)30-23(36)28-17)13-26-34(19)22(31-21)27-16-4-5-16/h1,3,6,11,13,16,35H,2,4-5,7-10H2,(H2,28,30,36). The number of nitriles is 1. The van der Waals surface area contributed by atoms with Gasteiger partial charge in [-0.2, -0.15) is 24.8 Å². The first-order valence-corrected chi connectivity index (χ1v) is 11.8. The summed E-state index contributed by atoms with van der Waals surface area (Å²) in [6, 6.07) is 6.00. The molecule has 6 rings (SSSR count). The van der Waals surface area contributed by atoms with Crippen LogP contribution in [0.3, 0.4) is 0 Å². The fraction of sp³-hybridized carbons (Fsp3) is 0.348. The number of rotatable bonds is 4. The number of hydrogen-bond acceptors (Lipinski definition) is 10. The Morgan fingerprint density at radius 2 is 2.00 bits per heavy atom. The van der Waals surface area contributed by atoms with Crippen LogP contribution in [-0.4, -0.2) is 71.9 Å². The van der Waals surface area contributed by atoms with Crippen LogP contribution in [-0.2, 0) is 0 Å². The van der Waals surface area contributed by atoms with Gasteiger partial charge >= 0.3 is 5.69 Å². The molecule has 2 fully saturated rings. The Bertz CT molecular complexity index is 1660. The minimum atomic E-state index is -0.503. The van der Waals surface area contributed by atoms with Crippen LogP contribution >= 0.6 is 0 Å². The Kier molecular flexibility index (Phi) is 5.33. The van der Waals surface area contributed by atoms with Crippen molar-refractivity contribution >= 4 is 23.5 Å². The molecule has 0 atom stereocenters. The molecule has 1 aliphatic heterocycles. The molecule has 182 valence electrons. The van der Waals surface area contributed by atoms with E-state index in [-0.39, 0.29) is 17.6 Å². The second kappa shape index (κ2) is 8.81. The number of pyridine rings is 1. The van der Waals surface area contributed by atoms with Gasteiger partial charge < -0.3 is 19.9 Å². The lowest BCUT2D eigenvalue weighted by atomic mass is 10.2. The van der Waals surface area contributed by atoms with E-state index in [0.717, 1.165) is 32.4 Å². The summed E-state index contributed by atoms with van der Waals surface area (Å²) in [6.45, 7) is 2.78. The Morgan fingerprint density at radius 1 is 1.17 bits per heavy atom. The van der Waals surface area contributed by atoms with Crippen LogP contribution in [0.2, 0.25) is 0 Å². The zero-order valence-corrected chi connectivity index (χ0v) is 19.3. The van der Waals surface area contributed by atoms with E-state index in [0.29, 0.717) is 46.9 Å². The zero-order valence-electron chi connectivity index (χ0n) is 19.3. The molecule has 0 radical (unpaired) electrons. The highest BCUT2D eigenvalue weighted by Gasteiger charge is 2.23. The molecule has 0 aromatic carbocycles. The van der Waals surface area contributed by atoms with E-state index in [2.05, 4.69) is 35.9 Å². The highest BCUT2D eigenvalue weighted by atomic mass is 16.3. The molecule has 4 aromatic rings. The third kappa shape index (κ3) is 4.13. The van der Waals surface area contributed by atoms with Crippen molar-refractivity contribution in [2.24, 2.45) is 4.99 Å². The average Bonchev–Trinajstić information content (AvgIpc) is 3.59. The van der Waals surface area contributed by atoms with Gasteiger partial charge in [-0.15, -0.1) is 0 Å². The number of H-pyrrole nitrogens is 2. The molecular formula is C23H23N11O2. The van der Waals surface area contributed by atoms with Crippen molar-refractivity contribution in [3.8, 4) is 11.9 Å². The molecule has 1 saturated heterocycles. The minimum Gasteiger partial charge on any atom is -0.493 e. The first-order chi connectivity index (χ1) is 17.6. The van der Waals surface area contributed by atoms with Gasteiger partial charge in [0.15, 0.2) is 5.65 Å². The predicted octanol–water partition coefficient (Wildman–Crippen LogP) is -0.560. The quantitative estimate of drug-likeness (QED) is 0.343. The second-order valence-electron chi connectivity index (χ2n) is 8.82. The zero-order chi connectivity index (χ0) is 24.6. The van der Waals surface area contributed by atoms with Crippen LogP contribution < -0.4 is 26.3 Å². The number of aromatic amines is 2. The molecule has 0 amide bonds. The normalized spacial score (nSPS) is 17.5. The van der Waals surface area contributed by atoms with Crippen LogP contribution in [0.25, 0.3) is 11.7 Å². The molecule has 36 heavy (non-hydrogen) atoms. The van der Waals surface area contributed by atoms with Crippen LogP contribution in [0.15, 0.2) is 34.3 Å². The van der Waals surface area contributed by atoms with Crippen molar-refractivity contribution in [2.45, 2.75) is 25.3 Å². The summed E-state index contributed by atoms with van der Waals surface area (Å²) in [5.74, 6) is 0.971. The number of aromatic nitrogens is 7. The minimum absolute atomic E-state index is 0.228. The third-order valence-corrected chi connectivity index (χ3v) is 6.23. The van der Waals surface area contributed by atoms with E-state index in [1.165, 1.54) is 0 Å². The smallest absolute Gasteiger partial charge is 0.326 e. The number of imidazole rings is 1. The van der Waals surface area contributed by atoms with Gasteiger partial charge in [0.05, 0.1) is 17.8 Å². The summed E-state index contributed by atoms with van der Waals surface area (Å²) in [7, 11) is 0. The molecule has 1 aliphatic carbocycles. The van der Waals surface area contributed by atoms with Crippen molar-refractivity contribution in [1.29, 1.82) is 5.26 Å². The summed E-state index contributed by atoms with van der Waals surface area (Å²) in [6.07, 6.45) is 7.80. The Morgan fingerprint density at radius 3 is 2.78 bits per heavy atom. The van der Waals surface area contributed by atoms with E-state index in [1.807, 2.05) is 0 Å². The molecule has 4 aromatic heterocycles. The van der Waals surface area contributed by atoms with Crippen LogP contribution in [0.1, 0.15) is 30.5 Å². The van der Waals surface area contributed by atoms with Crippen LogP contribution in [0.5, 0.6) is 5.88 Å². The largest absolute Gasteiger partial charge is 0.493 e. The first-order valence-electron chi connectivity index (χ1n) is 11.8. The summed E-state index contributed by atoms with van der Waals surface area (Å²) in [5.41, 5.74) is 1.29. The van der Waals surface area contributed by atoms with E-state index < -0.39 is 5.69 Å². The van der Waals surface area contributed by atoms with Crippen LogP contribution in [0.4, 0.5) is 11.8 Å². The fourth-order valence-electron chi connectivity index (χ4n) is 4.28. The van der Waals surface area contributed by atoms with Gasteiger partial charge in [0, 0.05) is 37.6 Å². The number of nitrogens with one attached hydrogen (secondary N) is 2. The number of nitrogens with zero attached hydrogens (tertiary/aromatic N) is 9. The van der Waals surface area contributed by atoms with Crippen molar-refractivity contribution < 1.29 is 5.11 Å². The lowest BCUT2D eigenvalue weighted by Crippen LogP contribution is -2.35. The topological polar surface area (TPSA) is 167 Å². The number of hydrogen-bond donors (Lipinski definition) is 3. The summed E-state index contributed by atoms with van der Waals surface area (Å²) < 4.78 is 1.59. The fourth-order valence-corrected chi connectivity index (χ4v) is 4.28. The average molecular weight is 486 g/mol. The number of anilines is 2. The number of aromatic hydroxyl groups is 1. The van der Waals surface area contributed by atoms with Gasteiger partial charge in [0.2, 0.25) is 11.8 Å². The van der Waals surface area contributed by atoms with E-state index >= 15 is 0 Å².